The van der Waals surface area contributed by atoms with Crippen molar-refractivity contribution in [3.63, 3.8) is 0 Å². The summed E-state index contributed by atoms with van der Waals surface area (Å²) in [6.45, 7) is 0. The summed E-state index contributed by atoms with van der Waals surface area (Å²) in [6, 6.07) is 16.1. The standard InChI is InChI=1S/C18H19N3O/c1-21(2)18-14-7-6-9-15(13(14)11-12-19-18)20-16-8-4-5-10-17(16)22-3/h4-12,20H,1-3H3. The molecular weight excluding hydrogens is 274 g/mol. The minimum absolute atomic E-state index is 0.821. The number of pyridine rings is 1. The van der Waals surface area contributed by atoms with Gasteiger partial charge in [-0.2, -0.15) is 0 Å². The zero-order valence-electron chi connectivity index (χ0n) is 13.0. The van der Waals surface area contributed by atoms with Crippen LogP contribution in [0.4, 0.5) is 17.2 Å². The quantitative estimate of drug-likeness (QED) is 0.787. The van der Waals surface area contributed by atoms with Crippen molar-refractivity contribution in [1.82, 2.24) is 4.98 Å². The number of anilines is 3. The Labute approximate surface area is 130 Å². The number of nitrogens with zero attached hydrogens (tertiary/aromatic N) is 2. The summed E-state index contributed by atoms with van der Waals surface area (Å²) in [4.78, 5) is 6.48. The van der Waals surface area contributed by atoms with Crippen molar-refractivity contribution in [3.8, 4) is 5.75 Å². The molecule has 0 radical (unpaired) electrons. The molecule has 3 aromatic rings. The van der Waals surface area contributed by atoms with Crippen molar-refractivity contribution in [2.75, 3.05) is 31.4 Å². The molecule has 4 heteroatoms. The van der Waals surface area contributed by atoms with Gasteiger partial charge < -0.3 is 15.0 Å². The van der Waals surface area contributed by atoms with E-state index in [0.29, 0.717) is 0 Å². The maximum atomic E-state index is 5.41. The second-order valence-electron chi connectivity index (χ2n) is 5.25. The zero-order chi connectivity index (χ0) is 15.5. The van der Waals surface area contributed by atoms with E-state index in [1.807, 2.05) is 61.6 Å². The normalized spacial score (nSPS) is 10.5. The number of rotatable bonds is 4. The second-order valence-corrected chi connectivity index (χ2v) is 5.25. The summed E-state index contributed by atoms with van der Waals surface area (Å²) in [6.07, 6.45) is 1.84. The van der Waals surface area contributed by atoms with Gasteiger partial charge in [0.1, 0.15) is 11.6 Å². The Kier molecular flexibility index (Phi) is 3.83. The highest BCUT2D eigenvalue weighted by atomic mass is 16.5. The van der Waals surface area contributed by atoms with E-state index in [-0.39, 0.29) is 0 Å². The van der Waals surface area contributed by atoms with Crippen molar-refractivity contribution in [3.05, 3.63) is 54.7 Å². The van der Waals surface area contributed by atoms with Crippen molar-refractivity contribution in [2.24, 2.45) is 0 Å². The highest BCUT2D eigenvalue weighted by Gasteiger charge is 2.09. The molecule has 0 aliphatic rings. The largest absolute Gasteiger partial charge is 0.495 e. The van der Waals surface area contributed by atoms with Gasteiger partial charge in [0.2, 0.25) is 0 Å². The molecule has 0 aliphatic heterocycles. The van der Waals surface area contributed by atoms with Crippen molar-refractivity contribution in [2.45, 2.75) is 0 Å². The van der Waals surface area contributed by atoms with E-state index < -0.39 is 0 Å². The molecule has 0 saturated heterocycles. The minimum atomic E-state index is 0.821. The predicted molar refractivity (Wildman–Crippen MR) is 92.3 cm³/mol. The van der Waals surface area contributed by atoms with E-state index in [9.17, 15) is 0 Å². The Hall–Kier alpha value is -2.75. The van der Waals surface area contributed by atoms with Crippen LogP contribution >= 0.6 is 0 Å². The summed E-state index contributed by atoms with van der Waals surface area (Å²) >= 11 is 0. The molecule has 22 heavy (non-hydrogen) atoms. The third kappa shape index (κ3) is 2.55. The number of benzene rings is 2. The van der Waals surface area contributed by atoms with Gasteiger partial charge in [-0.1, -0.05) is 24.3 Å². The molecule has 112 valence electrons. The van der Waals surface area contributed by atoms with Crippen LogP contribution in [-0.4, -0.2) is 26.2 Å². The van der Waals surface area contributed by atoms with Crippen LogP contribution in [0.25, 0.3) is 10.8 Å². The minimum Gasteiger partial charge on any atom is -0.495 e. The molecule has 0 aliphatic carbocycles. The van der Waals surface area contributed by atoms with Crippen LogP contribution in [0.2, 0.25) is 0 Å². The Bertz CT molecular complexity index is 799. The van der Waals surface area contributed by atoms with Crippen molar-refractivity contribution in [1.29, 1.82) is 0 Å². The van der Waals surface area contributed by atoms with E-state index in [0.717, 1.165) is 33.7 Å². The third-order valence-electron chi connectivity index (χ3n) is 3.58. The maximum absolute atomic E-state index is 5.41. The highest BCUT2D eigenvalue weighted by molar-refractivity contribution is 6.01. The fourth-order valence-electron chi connectivity index (χ4n) is 2.55. The number of fused-ring (bicyclic) bond motifs is 1. The van der Waals surface area contributed by atoms with Gasteiger partial charge in [0.15, 0.2) is 0 Å². The molecule has 1 aromatic heterocycles. The average molecular weight is 293 g/mol. The van der Waals surface area contributed by atoms with Crippen LogP contribution in [0.3, 0.4) is 0 Å². The molecule has 0 atom stereocenters. The summed E-state index contributed by atoms with van der Waals surface area (Å²) in [5.41, 5.74) is 1.98. The summed E-state index contributed by atoms with van der Waals surface area (Å²) in [5.74, 6) is 1.78. The SMILES string of the molecule is COc1ccccc1Nc1cccc2c(N(C)C)nccc12. The molecular formula is C18H19N3O. The van der Waals surface area contributed by atoms with E-state index in [1.165, 1.54) is 0 Å². The highest BCUT2D eigenvalue weighted by Crippen LogP contribution is 2.33. The number of ether oxygens (including phenoxy) is 1. The van der Waals surface area contributed by atoms with Gasteiger partial charge in [0.25, 0.3) is 0 Å². The van der Waals surface area contributed by atoms with Gasteiger partial charge in [0, 0.05) is 36.8 Å². The fourth-order valence-corrected chi connectivity index (χ4v) is 2.55. The van der Waals surface area contributed by atoms with Crippen molar-refractivity contribution >= 4 is 28.0 Å². The first-order valence-electron chi connectivity index (χ1n) is 7.16. The zero-order valence-corrected chi connectivity index (χ0v) is 13.0. The number of methoxy groups -OCH3 is 1. The lowest BCUT2D eigenvalue weighted by Gasteiger charge is -2.17. The Morgan fingerprint density at radius 3 is 2.45 bits per heavy atom. The van der Waals surface area contributed by atoms with Gasteiger partial charge in [-0.25, -0.2) is 4.98 Å². The van der Waals surface area contributed by atoms with E-state index >= 15 is 0 Å². The monoisotopic (exact) mass is 293 g/mol. The Morgan fingerprint density at radius 2 is 1.68 bits per heavy atom. The van der Waals surface area contributed by atoms with Crippen LogP contribution in [0.15, 0.2) is 54.7 Å². The van der Waals surface area contributed by atoms with E-state index in [1.54, 1.807) is 7.11 Å². The molecule has 2 aromatic carbocycles. The molecule has 1 N–H and O–H groups in total. The summed E-state index contributed by atoms with van der Waals surface area (Å²) in [5, 5.41) is 5.71. The van der Waals surface area contributed by atoms with Crippen LogP contribution in [-0.2, 0) is 0 Å². The molecule has 0 fully saturated rings. The number of hydrogen-bond donors (Lipinski definition) is 1. The molecule has 0 unspecified atom stereocenters. The number of para-hydroxylation sites is 2. The molecule has 0 bridgehead atoms. The summed E-state index contributed by atoms with van der Waals surface area (Å²) in [7, 11) is 5.68. The lowest BCUT2D eigenvalue weighted by Crippen LogP contribution is -2.11. The molecule has 3 rings (SSSR count). The van der Waals surface area contributed by atoms with Gasteiger partial charge in [-0.15, -0.1) is 0 Å². The van der Waals surface area contributed by atoms with Crippen LogP contribution in [0.5, 0.6) is 5.75 Å². The molecule has 4 nitrogen and oxygen atoms in total. The maximum Gasteiger partial charge on any atom is 0.142 e. The molecule has 1 heterocycles. The number of nitrogens with one attached hydrogen (secondary N) is 1. The topological polar surface area (TPSA) is 37.4 Å². The first-order valence-corrected chi connectivity index (χ1v) is 7.16. The van der Waals surface area contributed by atoms with Crippen molar-refractivity contribution < 1.29 is 4.74 Å². The van der Waals surface area contributed by atoms with Gasteiger partial charge in [-0.3, -0.25) is 0 Å². The predicted octanol–water partition coefficient (Wildman–Crippen LogP) is 4.05. The van der Waals surface area contributed by atoms with E-state index in [4.69, 9.17) is 4.74 Å². The first kappa shape index (κ1) is 14.2. The van der Waals surface area contributed by atoms with Crippen LogP contribution < -0.4 is 15.0 Å². The first-order chi connectivity index (χ1) is 10.7. The van der Waals surface area contributed by atoms with Gasteiger partial charge in [-0.05, 0) is 24.3 Å². The summed E-state index contributed by atoms with van der Waals surface area (Å²) < 4.78 is 5.41. The molecule has 0 amide bonds. The molecule has 0 saturated carbocycles. The fraction of sp³-hybridized carbons (Fsp3) is 0.167. The Morgan fingerprint density at radius 1 is 0.909 bits per heavy atom. The van der Waals surface area contributed by atoms with Crippen LogP contribution in [0, 0.1) is 0 Å². The lowest BCUT2D eigenvalue weighted by atomic mass is 10.1. The average Bonchev–Trinajstić information content (AvgIpc) is 2.55. The smallest absolute Gasteiger partial charge is 0.142 e. The van der Waals surface area contributed by atoms with Gasteiger partial charge in [0.05, 0.1) is 12.8 Å². The van der Waals surface area contributed by atoms with Gasteiger partial charge >= 0.3 is 0 Å². The second kappa shape index (κ2) is 5.93. The third-order valence-corrected chi connectivity index (χ3v) is 3.58. The van der Waals surface area contributed by atoms with Crippen LogP contribution in [0.1, 0.15) is 0 Å². The number of hydrogen-bond acceptors (Lipinski definition) is 4. The Balaban J connectivity index is 2.10. The molecule has 0 spiro atoms. The number of aromatic nitrogens is 1. The van der Waals surface area contributed by atoms with E-state index in [2.05, 4.69) is 22.4 Å². The lowest BCUT2D eigenvalue weighted by molar-refractivity contribution is 0.417.